The second-order valence-electron chi connectivity index (χ2n) is 7.83. The molecule has 158 valence electrons. The van der Waals surface area contributed by atoms with Gasteiger partial charge in [-0.1, -0.05) is 29.8 Å². The van der Waals surface area contributed by atoms with Gasteiger partial charge in [-0.3, -0.25) is 4.40 Å². The van der Waals surface area contributed by atoms with Gasteiger partial charge < -0.3 is 9.80 Å². The van der Waals surface area contributed by atoms with E-state index in [0.29, 0.717) is 0 Å². The van der Waals surface area contributed by atoms with Crippen molar-refractivity contribution >= 4 is 23.1 Å². The third-order valence-electron chi connectivity index (χ3n) is 5.76. The molecule has 4 aromatic rings. The summed E-state index contributed by atoms with van der Waals surface area (Å²) in [5, 5.41) is 0.782. The summed E-state index contributed by atoms with van der Waals surface area (Å²) in [7, 11) is 2.15. The number of nitrogens with zero attached hydrogens (tertiary/aromatic N) is 7. The SMILES string of the molecule is CN1CCN(c2nccn3c(-c4ccnc(CCc5ccccc5Cl)n4)cnc23)CC1. The lowest BCUT2D eigenvalue weighted by atomic mass is 10.1. The van der Waals surface area contributed by atoms with Gasteiger partial charge in [-0.15, -0.1) is 0 Å². The smallest absolute Gasteiger partial charge is 0.180 e. The monoisotopic (exact) mass is 433 g/mol. The zero-order valence-electron chi connectivity index (χ0n) is 17.4. The lowest BCUT2D eigenvalue weighted by Gasteiger charge is -2.33. The van der Waals surface area contributed by atoms with Crippen LogP contribution in [0, 0.1) is 0 Å². The Labute approximate surface area is 186 Å². The molecule has 4 heterocycles. The summed E-state index contributed by atoms with van der Waals surface area (Å²) >= 11 is 6.29. The Morgan fingerprint density at radius 2 is 1.77 bits per heavy atom. The van der Waals surface area contributed by atoms with Crippen LogP contribution in [0.5, 0.6) is 0 Å². The highest BCUT2D eigenvalue weighted by atomic mass is 35.5. The number of fused-ring (bicyclic) bond motifs is 1. The number of aromatic nitrogens is 5. The largest absolute Gasteiger partial charge is 0.351 e. The second kappa shape index (κ2) is 8.61. The minimum Gasteiger partial charge on any atom is -0.351 e. The molecule has 0 amide bonds. The predicted octanol–water partition coefficient (Wildman–Crippen LogP) is 3.38. The van der Waals surface area contributed by atoms with E-state index in [1.54, 1.807) is 0 Å². The zero-order chi connectivity index (χ0) is 21.2. The first-order valence-electron chi connectivity index (χ1n) is 10.5. The lowest BCUT2D eigenvalue weighted by molar-refractivity contribution is 0.312. The number of likely N-dealkylation sites (N-methyl/N-ethyl adjacent to an activating group) is 1. The minimum atomic E-state index is 0.725. The Hall–Kier alpha value is -3.03. The summed E-state index contributed by atoms with van der Waals surface area (Å²) < 4.78 is 2.07. The number of hydrogen-bond acceptors (Lipinski definition) is 6. The Bertz CT molecular complexity index is 1200. The molecule has 0 aliphatic carbocycles. The van der Waals surface area contributed by atoms with Crippen LogP contribution < -0.4 is 4.90 Å². The van der Waals surface area contributed by atoms with Crippen molar-refractivity contribution in [2.75, 3.05) is 38.1 Å². The summed E-state index contributed by atoms with van der Waals surface area (Å²) in [4.78, 5) is 23.2. The second-order valence-corrected chi connectivity index (χ2v) is 8.23. The lowest BCUT2D eigenvalue weighted by Crippen LogP contribution is -2.45. The summed E-state index contributed by atoms with van der Waals surface area (Å²) in [5.74, 6) is 1.72. The quantitative estimate of drug-likeness (QED) is 0.481. The molecule has 5 rings (SSSR count). The average molecular weight is 434 g/mol. The first kappa shape index (κ1) is 19.9. The Morgan fingerprint density at radius 1 is 0.935 bits per heavy atom. The highest BCUT2D eigenvalue weighted by Gasteiger charge is 2.20. The molecule has 0 saturated carbocycles. The van der Waals surface area contributed by atoms with Crippen molar-refractivity contribution in [2.45, 2.75) is 12.8 Å². The van der Waals surface area contributed by atoms with Gasteiger partial charge in [0.05, 0.1) is 17.6 Å². The van der Waals surface area contributed by atoms with Crippen molar-refractivity contribution in [3.63, 3.8) is 0 Å². The maximum Gasteiger partial charge on any atom is 0.180 e. The van der Waals surface area contributed by atoms with E-state index in [2.05, 4.69) is 31.2 Å². The molecule has 8 heteroatoms. The molecule has 1 saturated heterocycles. The first-order valence-corrected chi connectivity index (χ1v) is 10.9. The van der Waals surface area contributed by atoms with Crippen LogP contribution in [0.3, 0.4) is 0 Å². The fourth-order valence-corrected chi connectivity index (χ4v) is 4.18. The number of rotatable bonds is 5. The van der Waals surface area contributed by atoms with Crippen LogP contribution in [0.1, 0.15) is 11.4 Å². The van der Waals surface area contributed by atoms with Gasteiger partial charge in [-0.2, -0.15) is 0 Å². The molecule has 0 bridgehead atoms. The third kappa shape index (κ3) is 4.11. The maximum atomic E-state index is 6.29. The van der Waals surface area contributed by atoms with Crippen LogP contribution >= 0.6 is 11.6 Å². The maximum absolute atomic E-state index is 6.29. The number of anilines is 1. The third-order valence-corrected chi connectivity index (χ3v) is 6.12. The zero-order valence-corrected chi connectivity index (χ0v) is 18.2. The van der Waals surface area contributed by atoms with Gasteiger partial charge >= 0.3 is 0 Å². The molecule has 1 aliphatic heterocycles. The molecule has 0 atom stereocenters. The van der Waals surface area contributed by atoms with Crippen molar-refractivity contribution in [3.8, 4) is 11.4 Å². The molecule has 0 N–H and O–H groups in total. The molecule has 31 heavy (non-hydrogen) atoms. The van der Waals surface area contributed by atoms with E-state index in [9.17, 15) is 0 Å². The van der Waals surface area contributed by atoms with Crippen LogP contribution in [-0.2, 0) is 12.8 Å². The minimum absolute atomic E-state index is 0.725. The van der Waals surface area contributed by atoms with Crippen LogP contribution in [0.15, 0.2) is 55.1 Å². The summed E-state index contributed by atoms with van der Waals surface area (Å²) in [5.41, 5.74) is 3.76. The van der Waals surface area contributed by atoms with Gasteiger partial charge in [0.15, 0.2) is 11.5 Å². The molecule has 0 radical (unpaired) electrons. The summed E-state index contributed by atoms with van der Waals surface area (Å²) in [6.45, 7) is 3.95. The van der Waals surface area contributed by atoms with Crippen LogP contribution in [0.25, 0.3) is 17.0 Å². The van der Waals surface area contributed by atoms with Crippen LogP contribution in [-0.4, -0.2) is 62.5 Å². The van der Waals surface area contributed by atoms with Crippen molar-refractivity contribution < 1.29 is 0 Å². The molecule has 1 fully saturated rings. The predicted molar refractivity (Wildman–Crippen MR) is 123 cm³/mol. The van der Waals surface area contributed by atoms with Crippen molar-refractivity contribution in [1.82, 2.24) is 29.2 Å². The highest BCUT2D eigenvalue weighted by Crippen LogP contribution is 2.25. The van der Waals surface area contributed by atoms with Gasteiger partial charge in [0, 0.05) is 56.2 Å². The van der Waals surface area contributed by atoms with Crippen molar-refractivity contribution in [3.05, 3.63) is 71.5 Å². The van der Waals surface area contributed by atoms with E-state index in [4.69, 9.17) is 21.6 Å². The molecule has 7 nitrogen and oxygen atoms in total. The van der Waals surface area contributed by atoms with E-state index < -0.39 is 0 Å². The molecule has 0 spiro atoms. The van der Waals surface area contributed by atoms with Crippen molar-refractivity contribution in [2.24, 2.45) is 0 Å². The molecule has 1 aromatic carbocycles. The fraction of sp³-hybridized carbons (Fsp3) is 0.304. The Morgan fingerprint density at radius 3 is 2.61 bits per heavy atom. The summed E-state index contributed by atoms with van der Waals surface area (Å²) in [6, 6.07) is 9.84. The fourth-order valence-electron chi connectivity index (χ4n) is 3.95. The van der Waals surface area contributed by atoms with Gasteiger partial charge in [-0.05, 0) is 31.2 Å². The Kier molecular flexibility index (Phi) is 5.53. The van der Waals surface area contributed by atoms with Crippen LogP contribution in [0.4, 0.5) is 5.82 Å². The van der Waals surface area contributed by atoms with E-state index in [1.165, 1.54) is 0 Å². The first-order chi connectivity index (χ1) is 15.2. The van der Waals surface area contributed by atoms with Gasteiger partial charge in [0.1, 0.15) is 5.82 Å². The van der Waals surface area contributed by atoms with E-state index in [1.807, 2.05) is 55.1 Å². The number of imidazole rings is 1. The van der Waals surface area contributed by atoms with E-state index >= 15 is 0 Å². The number of piperazine rings is 1. The number of aryl methyl sites for hydroxylation is 2. The molecule has 3 aromatic heterocycles. The van der Waals surface area contributed by atoms with Crippen molar-refractivity contribution in [1.29, 1.82) is 0 Å². The van der Waals surface area contributed by atoms with Gasteiger partial charge in [0.2, 0.25) is 0 Å². The van der Waals surface area contributed by atoms with Gasteiger partial charge in [0.25, 0.3) is 0 Å². The molecular formula is C23H24ClN7. The number of hydrogen-bond donors (Lipinski definition) is 0. The number of halogens is 1. The van der Waals surface area contributed by atoms with E-state index in [-0.39, 0.29) is 0 Å². The van der Waals surface area contributed by atoms with Crippen LogP contribution in [0.2, 0.25) is 5.02 Å². The molecular weight excluding hydrogens is 410 g/mol. The standard InChI is InChI=1S/C23H24ClN7/c1-29-12-14-30(15-13-29)22-23-27-16-20(31(23)11-10-26-22)19-8-9-25-21(28-19)7-6-17-4-2-3-5-18(17)24/h2-5,8-11,16H,6-7,12-15H2,1H3. The number of benzene rings is 1. The normalized spacial score (nSPS) is 15.0. The van der Waals surface area contributed by atoms with Gasteiger partial charge in [-0.25, -0.2) is 19.9 Å². The molecule has 0 unspecified atom stereocenters. The molecule has 1 aliphatic rings. The average Bonchev–Trinajstić information content (AvgIpc) is 3.24. The Balaban J connectivity index is 1.41. The highest BCUT2D eigenvalue weighted by molar-refractivity contribution is 6.31. The summed E-state index contributed by atoms with van der Waals surface area (Å²) in [6.07, 6.45) is 8.99. The van der Waals surface area contributed by atoms with E-state index in [0.717, 1.165) is 78.3 Å². The topological polar surface area (TPSA) is 62.5 Å².